The zero-order chi connectivity index (χ0) is 25.2. The average Bonchev–Trinajstić information content (AvgIpc) is 3.63. The van der Waals surface area contributed by atoms with Gasteiger partial charge in [0.15, 0.2) is 5.06 Å². The van der Waals surface area contributed by atoms with E-state index in [1.54, 1.807) is 11.0 Å². The first-order valence-corrected chi connectivity index (χ1v) is 14.2. The largest absolute Gasteiger partial charge is 0.413 e. The summed E-state index contributed by atoms with van der Waals surface area (Å²) in [6.45, 7) is 6.32. The predicted octanol–water partition coefficient (Wildman–Crippen LogP) is 4.41. The number of halogens is 1. The van der Waals surface area contributed by atoms with Gasteiger partial charge in [-0.1, -0.05) is 11.3 Å². The number of nitrogens with one attached hydrogen (secondary N) is 1. The van der Waals surface area contributed by atoms with Crippen molar-refractivity contribution in [2.45, 2.75) is 51.1 Å². The molecule has 3 saturated heterocycles. The minimum atomic E-state index is -0.574. The number of carbonyl (C=O) groups excluding carboxylic acids is 3. The third kappa shape index (κ3) is 5.60. The Morgan fingerprint density at radius 2 is 1.94 bits per heavy atom. The fourth-order valence-electron chi connectivity index (χ4n) is 5.46. The number of ether oxygens (including phenoxy) is 1. The van der Waals surface area contributed by atoms with Crippen molar-refractivity contribution in [2.75, 3.05) is 37.6 Å². The molecule has 3 aliphatic heterocycles. The molecule has 2 aromatic rings. The number of amides is 3. The van der Waals surface area contributed by atoms with Gasteiger partial charge in [0.25, 0.3) is 5.91 Å². The second kappa shape index (κ2) is 10.9. The van der Waals surface area contributed by atoms with Gasteiger partial charge in [-0.2, -0.15) is 0 Å². The van der Waals surface area contributed by atoms with Gasteiger partial charge < -0.3 is 24.8 Å². The zero-order valence-electron chi connectivity index (χ0n) is 20.4. The first kappa shape index (κ1) is 25.2. The molecule has 0 bridgehead atoms. The van der Waals surface area contributed by atoms with Crippen LogP contribution in [0, 0.1) is 6.92 Å². The van der Waals surface area contributed by atoms with Gasteiger partial charge in [0.2, 0.25) is 5.91 Å². The van der Waals surface area contributed by atoms with Crippen LogP contribution in [0.3, 0.4) is 0 Å². The Balaban J connectivity index is 1.21. The maximum absolute atomic E-state index is 13.4. The standard InChI is InChI=1S/C26H31BrN4O4S/c1-17-13-19(31-15-18(14-23(31)32)28-26(34)35-24-9-8-22(27)36-24)6-7-21(17)25(33)30-12-4-5-20(30)16-29-10-2-3-11-29/h6-9,13,18,20H,2-5,10-12,14-16H2,1H3,(H,28,34)/t18?,20-/m0/s1. The van der Waals surface area contributed by atoms with Crippen molar-refractivity contribution in [2.24, 2.45) is 0 Å². The molecule has 0 radical (unpaired) electrons. The lowest BCUT2D eigenvalue weighted by atomic mass is 10.1. The van der Waals surface area contributed by atoms with Crippen LogP contribution in [0.4, 0.5) is 10.5 Å². The molecule has 5 rings (SSSR count). The number of likely N-dealkylation sites (tertiary alicyclic amines) is 2. The number of thiophene rings is 1. The first-order chi connectivity index (χ1) is 17.4. The van der Waals surface area contributed by atoms with Gasteiger partial charge in [-0.05, 0) is 97.5 Å². The summed E-state index contributed by atoms with van der Waals surface area (Å²) in [4.78, 5) is 44.6. The highest BCUT2D eigenvalue weighted by Crippen LogP contribution is 2.30. The smallest absolute Gasteiger partial charge is 0.399 e. The molecule has 1 unspecified atom stereocenters. The predicted molar refractivity (Wildman–Crippen MR) is 143 cm³/mol. The Morgan fingerprint density at radius 3 is 2.67 bits per heavy atom. The van der Waals surface area contributed by atoms with Crippen molar-refractivity contribution in [3.63, 3.8) is 0 Å². The summed E-state index contributed by atoms with van der Waals surface area (Å²) >= 11 is 4.66. The van der Waals surface area contributed by atoms with E-state index in [1.807, 2.05) is 36.1 Å². The van der Waals surface area contributed by atoms with E-state index in [0.29, 0.717) is 17.2 Å². The number of hydrogen-bond acceptors (Lipinski definition) is 6. The molecule has 3 aliphatic rings. The molecule has 3 amide bonds. The van der Waals surface area contributed by atoms with E-state index < -0.39 is 6.09 Å². The molecule has 1 aromatic carbocycles. The molecule has 10 heteroatoms. The molecular weight excluding hydrogens is 544 g/mol. The Morgan fingerprint density at radius 1 is 1.14 bits per heavy atom. The first-order valence-electron chi connectivity index (χ1n) is 12.6. The number of anilines is 1. The zero-order valence-corrected chi connectivity index (χ0v) is 22.8. The van der Waals surface area contributed by atoms with Gasteiger partial charge in [0.1, 0.15) is 0 Å². The number of carbonyl (C=O) groups is 3. The fourth-order valence-corrected chi connectivity index (χ4v) is 6.65. The van der Waals surface area contributed by atoms with Gasteiger partial charge in [0.05, 0.1) is 9.83 Å². The van der Waals surface area contributed by atoms with Crippen LogP contribution in [-0.2, 0) is 4.79 Å². The van der Waals surface area contributed by atoms with Crippen molar-refractivity contribution in [3.05, 3.63) is 45.2 Å². The SMILES string of the molecule is Cc1cc(N2CC(NC(=O)Oc3ccc(Br)s3)CC2=O)ccc1C(=O)N1CCC[C@H]1CN1CCCC1. The summed E-state index contributed by atoms with van der Waals surface area (Å²) in [5, 5.41) is 3.27. The average molecular weight is 576 g/mol. The highest BCUT2D eigenvalue weighted by molar-refractivity contribution is 9.11. The number of aryl methyl sites for hydroxylation is 1. The Hall–Kier alpha value is -2.43. The Kier molecular flexibility index (Phi) is 7.64. The third-order valence-electron chi connectivity index (χ3n) is 7.25. The van der Waals surface area contributed by atoms with Crippen LogP contribution in [0.25, 0.3) is 0 Å². The lowest BCUT2D eigenvalue weighted by Gasteiger charge is -2.29. The lowest BCUT2D eigenvalue weighted by Crippen LogP contribution is -2.42. The molecular formula is C26H31BrN4O4S. The van der Waals surface area contributed by atoms with Crippen LogP contribution in [0.1, 0.15) is 48.0 Å². The molecule has 1 aromatic heterocycles. The Bertz CT molecular complexity index is 1150. The van der Waals surface area contributed by atoms with E-state index in [9.17, 15) is 14.4 Å². The van der Waals surface area contributed by atoms with Gasteiger partial charge in [0, 0.05) is 43.3 Å². The summed E-state index contributed by atoms with van der Waals surface area (Å²) in [7, 11) is 0. The molecule has 1 N–H and O–H groups in total. The van der Waals surface area contributed by atoms with E-state index in [0.717, 1.165) is 54.1 Å². The van der Waals surface area contributed by atoms with E-state index in [1.165, 1.54) is 24.2 Å². The summed E-state index contributed by atoms with van der Waals surface area (Å²) in [6.07, 6.45) is 4.23. The fraction of sp³-hybridized carbons (Fsp3) is 0.500. The summed E-state index contributed by atoms with van der Waals surface area (Å²) in [5.41, 5.74) is 2.29. The highest BCUT2D eigenvalue weighted by Gasteiger charge is 2.34. The minimum Gasteiger partial charge on any atom is -0.399 e. The number of nitrogens with zero attached hydrogens (tertiary/aromatic N) is 3. The van der Waals surface area contributed by atoms with Gasteiger partial charge in [-0.3, -0.25) is 9.59 Å². The van der Waals surface area contributed by atoms with Gasteiger partial charge >= 0.3 is 6.09 Å². The van der Waals surface area contributed by atoms with Crippen LogP contribution in [0.15, 0.2) is 34.1 Å². The maximum atomic E-state index is 13.4. The number of rotatable bonds is 6. The Labute approximate surface area is 223 Å². The van der Waals surface area contributed by atoms with Crippen molar-refractivity contribution in [3.8, 4) is 5.06 Å². The molecule has 3 fully saturated rings. The normalized spacial score (nSPS) is 22.4. The molecule has 8 nitrogen and oxygen atoms in total. The van der Waals surface area contributed by atoms with Gasteiger partial charge in [-0.15, -0.1) is 0 Å². The molecule has 2 atom stereocenters. The monoisotopic (exact) mass is 574 g/mol. The highest BCUT2D eigenvalue weighted by atomic mass is 79.9. The van der Waals surface area contributed by atoms with Crippen LogP contribution < -0.4 is 15.0 Å². The number of hydrogen-bond donors (Lipinski definition) is 1. The second-order valence-electron chi connectivity index (χ2n) is 9.80. The molecule has 4 heterocycles. The molecule has 36 heavy (non-hydrogen) atoms. The number of benzene rings is 1. The minimum absolute atomic E-state index is 0.0668. The van der Waals surface area contributed by atoms with Crippen molar-refractivity contribution < 1.29 is 19.1 Å². The quantitative estimate of drug-likeness (QED) is 0.552. The van der Waals surface area contributed by atoms with Gasteiger partial charge in [-0.25, -0.2) is 4.79 Å². The molecule has 0 saturated carbocycles. The summed E-state index contributed by atoms with van der Waals surface area (Å²) < 4.78 is 6.17. The van der Waals surface area contributed by atoms with E-state index >= 15 is 0 Å². The topological polar surface area (TPSA) is 82.2 Å². The molecule has 0 spiro atoms. The van der Waals surface area contributed by atoms with Crippen LogP contribution in [0.5, 0.6) is 5.06 Å². The van der Waals surface area contributed by atoms with E-state index in [4.69, 9.17) is 4.74 Å². The summed E-state index contributed by atoms with van der Waals surface area (Å²) in [6, 6.07) is 9.04. The molecule has 192 valence electrons. The molecule has 0 aliphatic carbocycles. The maximum Gasteiger partial charge on any atom is 0.413 e. The van der Waals surface area contributed by atoms with Crippen molar-refractivity contribution in [1.82, 2.24) is 15.1 Å². The van der Waals surface area contributed by atoms with E-state index in [-0.39, 0.29) is 30.3 Å². The van der Waals surface area contributed by atoms with Crippen LogP contribution in [0.2, 0.25) is 0 Å². The lowest BCUT2D eigenvalue weighted by molar-refractivity contribution is -0.117. The second-order valence-corrected chi connectivity index (χ2v) is 12.2. The van der Waals surface area contributed by atoms with Crippen LogP contribution >= 0.6 is 27.3 Å². The van der Waals surface area contributed by atoms with Crippen LogP contribution in [-0.4, -0.2) is 72.5 Å². The summed E-state index contributed by atoms with van der Waals surface area (Å²) in [5.74, 6) is 0.0128. The van der Waals surface area contributed by atoms with E-state index in [2.05, 4.69) is 26.1 Å². The third-order valence-corrected chi connectivity index (χ3v) is 8.75. The van der Waals surface area contributed by atoms with Crippen molar-refractivity contribution >= 4 is 50.9 Å². The van der Waals surface area contributed by atoms with Crippen molar-refractivity contribution in [1.29, 1.82) is 0 Å².